The third kappa shape index (κ3) is 2.30. The van der Waals surface area contributed by atoms with E-state index in [1.807, 2.05) is 7.05 Å². The van der Waals surface area contributed by atoms with Crippen molar-refractivity contribution in [2.45, 2.75) is 31.8 Å². The van der Waals surface area contributed by atoms with Crippen molar-refractivity contribution < 1.29 is 0 Å². The monoisotopic (exact) mass is 239 g/mol. The molecular weight excluding hydrogens is 222 g/mol. The molecule has 1 aliphatic rings. The number of halogens is 1. The first-order valence-corrected chi connectivity index (χ1v) is 6.12. The van der Waals surface area contributed by atoms with Gasteiger partial charge in [-0.1, -0.05) is 11.6 Å². The van der Waals surface area contributed by atoms with Crippen LogP contribution in [0.1, 0.15) is 24.8 Å². The molecule has 0 atom stereocenters. The van der Waals surface area contributed by atoms with E-state index in [9.17, 15) is 0 Å². The zero-order valence-electron chi connectivity index (χ0n) is 9.83. The van der Waals surface area contributed by atoms with Crippen LogP contribution >= 0.6 is 11.6 Å². The molecule has 1 heterocycles. The second-order valence-corrected chi connectivity index (χ2v) is 4.77. The summed E-state index contributed by atoms with van der Waals surface area (Å²) in [6, 6.07) is 2.74. The van der Waals surface area contributed by atoms with Gasteiger partial charge in [-0.05, 0) is 37.9 Å². The van der Waals surface area contributed by atoms with Gasteiger partial charge in [0.05, 0.1) is 5.02 Å². The molecule has 4 heteroatoms. The van der Waals surface area contributed by atoms with E-state index >= 15 is 0 Å². The largest absolute Gasteiger partial charge is 0.357 e. The minimum absolute atomic E-state index is 0.663. The van der Waals surface area contributed by atoms with Crippen molar-refractivity contribution in [2.75, 3.05) is 19.0 Å². The zero-order chi connectivity index (χ0) is 11.5. The number of aromatic nitrogens is 1. The van der Waals surface area contributed by atoms with Gasteiger partial charge >= 0.3 is 0 Å². The maximum atomic E-state index is 6.09. The fraction of sp³-hybridized carbons (Fsp3) is 0.583. The summed E-state index contributed by atoms with van der Waals surface area (Å²) in [5, 5.41) is 3.85. The molecule has 0 radical (unpaired) electrons. The van der Waals surface area contributed by atoms with Gasteiger partial charge in [-0.3, -0.25) is 0 Å². The van der Waals surface area contributed by atoms with Crippen LogP contribution in [0.5, 0.6) is 0 Å². The standard InChI is InChI=1S/C12H18ClN3/c1-14-7-9-6-12(15-8-11(9)13)16(2)10-4-3-5-10/h6,8,10,14H,3-5,7H2,1-2H3. The molecule has 3 nitrogen and oxygen atoms in total. The van der Waals surface area contributed by atoms with Crippen LogP contribution in [0.4, 0.5) is 5.82 Å². The number of nitrogens with zero attached hydrogens (tertiary/aromatic N) is 2. The maximum absolute atomic E-state index is 6.09. The van der Waals surface area contributed by atoms with Gasteiger partial charge in [-0.25, -0.2) is 4.98 Å². The Labute approximate surface area is 102 Å². The van der Waals surface area contributed by atoms with Gasteiger partial charge in [0.1, 0.15) is 5.82 Å². The highest BCUT2D eigenvalue weighted by Gasteiger charge is 2.23. The molecule has 0 spiro atoms. The molecule has 0 unspecified atom stereocenters. The smallest absolute Gasteiger partial charge is 0.128 e. The van der Waals surface area contributed by atoms with E-state index in [-0.39, 0.29) is 0 Å². The van der Waals surface area contributed by atoms with E-state index < -0.39 is 0 Å². The number of anilines is 1. The van der Waals surface area contributed by atoms with Gasteiger partial charge in [0.15, 0.2) is 0 Å². The van der Waals surface area contributed by atoms with Crippen molar-refractivity contribution in [3.63, 3.8) is 0 Å². The summed E-state index contributed by atoms with van der Waals surface area (Å²) in [6.07, 6.45) is 5.65. The zero-order valence-corrected chi connectivity index (χ0v) is 10.6. The highest BCUT2D eigenvalue weighted by Crippen LogP contribution is 2.28. The van der Waals surface area contributed by atoms with Crippen molar-refractivity contribution in [2.24, 2.45) is 0 Å². The van der Waals surface area contributed by atoms with Crippen LogP contribution in [0.25, 0.3) is 0 Å². The number of hydrogen-bond donors (Lipinski definition) is 1. The first-order chi connectivity index (χ1) is 7.72. The molecule has 16 heavy (non-hydrogen) atoms. The quantitative estimate of drug-likeness (QED) is 0.875. The highest BCUT2D eigenvalue weighted by atomic mass is 35.5. The Kier molecular flexibility index (Phi) is 3.66. The molecule has 0 saturated heterocycles. The lowest BCUT2D eigenvalue weighted by Crippen LogP contribution is -2.37. The Hall–Kier alpha value is -0.800. The molecule has 1 saturated carbocycles. The Balaban J connectivity index is 2.17. The molecule has 0 bridgehead atoms. The lowest BCUT2D eigenvalue weighted by molar-refractivity contribution is 0.399. The molecule has 0 aliphatic heterocycles. The molecule has 2 rings (SSSR count). The average Bonchev–Trinajstić information content (AvgIpc) is 2.19. The van der Waals surface area contributed by atoms with E-state index in [0.29, 0.717) is 6.04 Å². The van der Waals surface area contributed by atoms with Crippen LogP contribution in [-0.4, -0.2) is 25.1 Å². The molecule has 1 N–H and O–H groups in total. The van der Waals surface area contributed by atoms with Gasteiger partial charge in [-0.15, -0.1) is 0 Å². The summed E-state index contributed by atoms with van der Waals surface area (Å²) in [4.78, 5) is 6.65. The normalized spacial score (nSPS) is 15.9. The Morgan fingerprint density at radius 2 is 2.31 bits per heavy atom. The molecule has 1 aromatic heterocycles. The minimum Gasteiger partial charge on any atom is -0.357 e. The van der Waals surface area contributed by atoms with E-state index in [2.05, 4.69) is 28.3 Å². The van der Waals surface area contributed by atoms with Crippen molar-refractivity contribution >= 4 is 17.4 Å². The van der Waals surface area contributed by atoms with E-state index in [0.717, 1.165) is 22.9 Å². The Morgan fingerprint density at radius 3 is 2.88 bits per heavy atom. The van der Waals surface area contributed by atoms with Gasteiger partial charge in [0.25, 0.3) is 0 Å². The van der Waals surface area contributed by atoms with E-state index in [1.165, 1.54) is 19.3 Å². The predicted octanol–water partition coefficient (Wildman–Crippen LogP) is 2.44. The number of pyridine rings is 1. The SMILES string of the molecule is CNCc1cc(N(C)C2CCC2)ncc1Cl. The first kappa shape index (κ1) is 11.7. The Bertz CT molecular complexity index is 363. The van der Waals surface area contributed by atoms with Crippen molar-refractivity contribution in [1.82, 2.24) is 10.3 Å². The molecule has 88 valence electrons. The van der Waals surface area contributed by atoms with Crippen molar-refractivity contribution in [3.8, 4) is 0 Å². The van der Waals surface area contributed by atoms with Crippen LogP contribution < -0.4 is 10.2 Å². The van der Waals surface area contributed by atoms with Crippen molar-refractivity contribution in [1.29, 1.82) is 0 Å². The predicted molar refractivity (Wildman–Crippen MR) is 68.1 cm³/mol. The van der Waals surface area contributed by atoms with Gasteiger partial charge < -0.3 is 10.2 Å². The van der Waals surface area contributed by atoms with E-state index in [4.69, 9.17) is 11.6 Å². The lowest BCUT2D eigenvalue weighted by Gasteiger charge is -2.35. The molecule has 0 aromatic carbocycles. The van der Waals surface area contributed by atoms with Crippen molar-refractivity contribution in [3.05, 3.63) is 22.8 Å². The number of hydrogen-bond acceptors (Lipinski definition) is 3. The Morgan fingerprint density at radius 1 is 1.56 bits per heavy atom. The first-order valence-electron chi connectivity index (χ1n) is 5.74. The average molecular weight is 240 g/mol. The maximum Gasteiger partial charge on any atom is 0.128 e. The summed E-state index contributed by atoms with van der Waals surface area (Å²) >= 11 is 6.09. The lowest BCUT2D eigenvalue weighted by atomic mass is 9.92. The molecule has 1 aliphatic carbocycles. The third-order valence-corrected chi connectivity index (χ3v) is 3.61. The second-order valence-electron chi connectivity index (χ2n) is 4.36. The topological polar surface area (TPSA) is 28.2 Å². The van der Waals surface area contributed by atoms with Gasteiger partial charge in [-0.2, -0.15) is 0 Å². The number of nitrogens with one attached hydrogen (secondary N) is 1. The van der Waals surface area contributed by atoms with Crippen LogP contribution in [-0.2, 0) is 6.54 Å². The summed E-state index contributed by atoms with van der Waals surface area (Å²) in [6.45, 7) is 0.785. The fourth-order valence-corrected chi connectivity index (χ4v) is 2.12. The van der Waals surface area contributed by atoms with Crippen LogP contribution in [0.2, 0.25) is 5.02 Å². The summed E-state index contributed by atoms with van der Waals surface area (Å²) in [5.41, 5.74) is 1.11. The molecule has 1 aromatic rings. The van der Waals surface area contributed by atoms with Gasteiger partial charge in [0, 0.05) is 25.8 Å². The van der Waals surface area contributed by atoms with Crippen LogP contribution in [0, 0.1) is 0 Å². The second kappa shape index (κ2) is 5.02. The summed E-state index contributed by atoms with van der Waals surface area (Å²) < 4.78 is 0. The number of rotatable bonds is 4. The molecular formula is C12H18ClN3. The minimum atomic E-state index is 0.663. The molecule has 1 fully saturated rings. The van der Waals surface area contributed by atoms with Gasteiger partial charge in [0.2, 0.25) is 0 Å². The molecule has 0 amide bonds. The summed E-state index contributed by atoms with van der Waals surface area (Å²) in [5.74, 6) is 1.03. The van der Waals surface area contributed by atoms with Crippen LogP contribution in [0.15, 0.2) is 12.3 Å². The third-order valence-electron chi connectivity index (χ3n) is 3.27. The summed E-state index contributed by atoms with van der Waals surface area (Å²) in [7, 11) is 4.04. The fourth-order valence-electron chi connectivity index (χ4n) is 1.95. The van der Waals surface area contributed by atoms with Crippen LogP contribution in [0.3, 0.4) is 0 Å². The highest BCUT2D eigenvalue weighted by molar-refractivity contribution is 6.31. The van der Waals surface area contributed by atoms with E-state index in [1.54, 1.807) is 6.20 Å².